The van der Waals surface area contributed by atoms with Crippen LogP contribution in [0.15, 0.2) is 23.4 Å². The highest BCUT2D eigenvalue weighted by Gasteiger charge is 2.28. The van der Waals surface area contributed by atoms with E-state index in [2.05, 4.69) is 10.1 Å². The lowest BCUT2D eigenvalue weighted by Crippen LogP contribution is -2.04. The highest BCUT2D eigenvalue weighted by Crippen LogP contribution is 2.39. The molecule has 1 aromatic carbocycles. The molecule has 0 spiro atoms. The van der Waals surface area contributed by atoms with Crippen LogP contribution in [0.25, 0.3) is 0 Å². The Morgan fingerprint density at radius 3 is 1.87 bits per heavy atom. The van der Waals surface area contributed by atoms with Crippen molar-refractivity contribution in [1.29, 1.82) is 15.8 Å². The third kappa shape index (κ3) is 3.48. The second-order valence-corrected chi connectivity index (χ2v) is 3.77. The fraction of sp³-hybridized carbons (Fsp3) is 0.0833. The Balaban J connectivity index is 3.58. The van der Waals surface area contributed by atoms with E-state index in [-0.39, 0.29) is 5.69 Å². The molecule has 0 bridgehead atoms. The molecular weight excluding hydrogens is 308 g/mol. The molecule has 0 saturated heterocycles. The van der Waals surface area contributed by atoms with Gasteiger partial charge in [-0.05, 0) is 0 Å². The van der Waals surface area contributed by atoms with Crippen molar-refractivity contribution in [3.05, 3.63) is 43.6 Å². The van der Waals surface area contributed by atoms with E-state index in [1.54, 1.807) is 0 Å². The molecule has 114 valence electrons. The third-order valence-corrected chi connectivity index (χ3v) is 2.50. The number of benzene rings is 1. The molecule has 11 heteroatoms. The van der Waals surface area contributed by atoms with Crippen LogP contribution in [0.5, 0.6) is 5.75 Å². The highest BCUT2D eigenvalue weighted by atomic mass is 16.6. The van der Waals surface area contributed by atoms with E-state index in [4.69, 9.17) is 15.8 Å². The monoisotopic (exact) mass is 314 g/mol. The second-order valence-electron chi connectivity index (χ2n) is 3.77. The van der Waals surface area contributed by atoms with Crippen molar-refractivity contribution in [1.82, 2.24) is 0 Å². The maximum absolute atomic E-state index is 11.0. The van der Waals surface area contributed by atoms with Crippen LogP contribution in [0.2, 0.25) is 0 Å². The van der Waals surface area contributed by atoms with E-state index in [1.165, 1.54) is 18.2 Å². The van der Waals surface area contributed by atoms with Gasteiger partial charge in [0.05, 0.1) is 22.6 Å². The Bertz CT molecular complexity index is 788. The van der Waals surface area contributed by atoms with Crippen molar-refractivity contribution < 1.29 is 14.6 Å². The van der Waals surface area contributed by atoms with Crippen LogP contribution < -0.4 is 10.1 Å². The molecule has 0 aliphatic rings. The van der Waals surface area contributed by atoms with Gasteiger partial charge in [-0.25, -0.2) is 0 Å². The number of ether oxygens (including phenoxy) is 1. The van der Waals surface area contributed by atoms with Crippen molar-refractivity contribution in [3.63, 3.8) is 0 Å². The summed E-state index contributed by atoms with van der Waals surface area (Å²) in [6, 6.07) is 6.22. The van der Waals surface area contributed by atoms with Gasteiger partial charge in [-0.1, -0.05) is 0 Å². The van der Waals surface area contributed by atoms with E-state index in [1.807, 2.05) is 0 Å². The lowest BCUT2D eigenvalue weighted by atomic mass is 10.2. The van der Waals surface area contributed by atoms with Gasteiger partial charge in [-0.15, -0.1) is 0 Å². The molecule has 11 nitrogen and oxygen atoms in total. The summed E-state index contributed by atoms with van der Waals surface area (Å²) in [5.74, 6) is -0.561. The molecule has 0 atom stereocenters. The third-order valence-electron chi connectivity index (χ3n) is 2.50. The van der Waals surface area contributed by atoms with Crippen molar-refractivity contribution in [2.24, 2.45) is 0 Å². The largest absolute Gasteiger partial charge is 0.485 e. The van der Waals surface area contributed by atoms with Crippen molar-refractivity contribution in [2.75, 3.05) is 12.4 Å². The Morgan fingerprint density at radius 2 is 1.57 bits per heavy atom. The first-order chi connectivity index (χ1) is 10.9. The molecule has 1 aromatic rings. The molecule has 0 aliphatic heterocycles. The molecule has 1 rings (SSSR count). The number of hydrogen-bond acceptors (Lipinski definition) is 9. The van der Waals surface area contributed by atoms with Gasteiger partial charge in [-0.2, -0.15) is 15.8 Å². The first-order valence-electron chi connectivity index (χ1n) is 5.62. The summed E-state index contributed by atoms with van der Waals surface area (Å²) < 4.78 is 4.68. The topological polar surface area (TPSA) is 179 Å². The van der Waals surface area contributed by atoms with Gasteiger partial charge in [0, 0.05) is 12.1 Å². The number of rotatable bonds is 5. The maximum Gasteiger partial charge on any atom is 0.320 e. The first kappa shape index (κ1) is 16.9. The Morgan fingerprint density at radius 1 is 1.09 bits per heavy atom. The van der Waals surface area contributed by atoms with Crippen LogP contribution in [0, 0.1) is 54.2 Å². The summed E-state index contributed by atoms with van der Waals surface area (Å²) in [4.78, 5) is 20.2. The normalized spacial score (nSPS) is 8.78. The number of nitro benzene ring substituents is 2. The molecule has 0 radical (unpaired) electrons. The summed E-state index contributed by atoms with van der Waals surface area (Å²) >= 11 is 0. The van der Waals surface area contributed by atoms with Crippen molar-refractivity contribution in [3.8, 4) is 24.0 Å². The number of nitro groups is 2. The number of hydrogen-bond donors (Lipinski definition) is 1. The predicted octanol–water partition coefficient (Wildman–Crippen LogP) is 1.75. The quantitative estimate of drug-likeness (QED) is 0.481. The number of allylic oxidation sites excluding steroid dienone is 2. The fourth-order valence-electron chi connectivity index (χ4n) is 1.58. The summed E-state index contributed by atoms with van der Waals surface area (Å²) in [5.41, 5.74) is -2.71. The molecule has 0 aliphatic carbocycles. The fourth-order valence-corrected chi connectivity index (χ4v) is 1.58. The van der Waals surface area contributed by atoms with Gasteiger partial charge in [-0.3, -0.25) is 20.2 Å². The molecule has 1 N–H and O–H groups in total. The summed E-state index contributed by atoms with van der Waals surface area (Å²) in [7, 11) is 1.03. The van der Waals surface area contributed by atoms with E-state index in [0.717, 1.165) is 19.2 Å². The van der Waals surface area contributed by atoms with Crippen LogP contribution in [0.4, 0.5) is 17.1 Å². The van der Waals surface area contributed by atoms with Gasteiger partial charge >= 0.3 is 11.4 Å². The Labute approximate surface area is 128 Å². The minimum absolute atomic E-state index is 0.219. The molecule has 0 saturated carbocycles. The van der Waals surface area contributed by atoms with E-state index in [9.17, 15) is 20.2 Å². The molecule has 23 heavy (non-hydrogen) atoms. The summed E-state index contributed by atoms with van der Waals surface area (Å²) in [5, 5.41) is 50.6. The molecule has 0 amide bonds. The Hall–Kier alpha value is -4.17. The van der Waals surface area contributed by atoms with Gasteiger partial charge < -0.3 is 10.1 Å². The zero-order chi connectivity index (χ0) is 17.6. The van der Waals surface area contributed by atoms with Gasteiger partial charge in [0.25, 0.3) is 5.75 Å². The average molecular weight is 314 g/mol. The van der Waals surface area contributed by atoms with Crippen LogP contribution in [0.1, 0.15) is 0 Å². The van der Waals surface area contributed by atoms with Crippen LogP contribution in [0.3, 0.4) is 0 Å². The minimum atomic E-state index is -0.901. The average Bonchev–Trinajstić information content (AvgIpc) is 2.53. The smallest absolute Gasteiger partial charge is 0.320 e. The number of anilines is 1. The summed E-state index contributed by atoms with van der Waals surface area (Å²) in [6.07, 6.45) is 0. The highest BCUT2D eigenvalue weighted by molar-refractivity contribution is 5.71. The molecule has 0 fully saturated rings. The van der Waals surface area contributed by atoms with Crippen LogP contribution in [-0.4, -0.2) is 17.0 Å². The van der Waals surface area contributed by atoms with Gasteiger partial charge in [0.1, 0.15) is 23.9 Å². The van der Waals surface area contributed by atoms with Gasteiger partial charge in [0.2, 0.25) is 0 Å². The molecule has 0 heterocycles. The first-order valence-corrected chi connectivity index (χ1v) is 5.62. The minimum Gasteiger partial charge on any atom is -0.485 e. The molecule has 0 unspecified atom stereocenters. The predicted molar refractivity (Wildman–Crippen MR) is 73.8 cm³/mol. The number of nitrogens with one attached hydrogen (secondary N) is 1. The van der Waals surface area contributed by atoms with E-state index in [0.29, 0.717) is 0 Å². The van der Waals surface area contributed by atoms with Crippen molar-refractivity contribution >= 4 is 17.1 Å². The molecule has 0 aromatic heterocycles. The van der Waals surface area contributed by atoms with E-state index >= 15 is 0 Å². The van der Waals surface area contributed by atoms with E-state index < -0.39 is 38.2 Å². The lowest BCUT2D eigenvalue weighted by Gasteiger charge is -2.08. The SMILES string of the molecule is COc1c([N+](=O)[O-])cc(NC(C#N)=C(C#N)C#N)cc1[N+](=O)[O-]. The summed E-state index contributed by atoms with van der Waals surface area (Å²) in [6.45, 7) is 0. The zero-order valence-electron chi connectivity index (χ0n) is 11.4. The van der Waals surface area contributed by atoms with Crippen LogP contribution >= 0.6 is 0 Å². The maximum atomic E-state index is 11.0. The van der Waals surface area contributed by atoms with Crippen molar-refractivity contribution in [2.45, 2.75) is 0 Å². The van der Waals surface area contributed by atoms with Crippen LogP contribution in [-0.2, 0) is 0 Å². The van der Waals surface area contributed by atoms with Gasteiger partial charge in [0.15, 0.2) is 5.57 Å². The standard InChI is InChI=1S/C12H6N6O5/c1-23-12-10(17(19)20)2-8(3-11(12)18(21)22)16-9(6-15)7(4-13)5-14/h2-3,16H,1H3. The zero-order valence-corrected chi connectivity index (χ0v) is 11.4. The molecular formula is C12H6N6O5. The lowest BCUT2D eigenvalue weighted by molar-refractivity contribution is -0.395. The number of methoxy groups -OCH3 is 1. The Kier molecular flexibility index (Phi) is 5.15. The number of nitrogens with zero attached hydrogens (tertiary/aromatic N) is 5. The number of nitriles is 3. The second kappa shape index (κ2) is 7.02.